The van der Waals surface area contributed by atoms with Gasteiger partial charge in [-0.25, -0.2) is 8.42 Å². The Balaban J connectivity index is 1.65. The summed E-state index contributed by atoms with van der Waals surface area (Å²) in [4.78, 5) is 12.0. The molecular formula is C16H23NO4S2. The molecule has 2 atom stereocenters. The van der Waals surface area contributed by atoms with Gasteiger partial charge in [-0.2, -0.15) is 0 Å². The van der Waals surface area contributed by atoms with E-state index in [-0.39, 0.29) is 28.7 Å². The third kappa shape index (κ3) is 6.06. The summed E-state index contributed by atoms with van der Waals surface area (Å²) in [5.41, 5.74) is 1.19. The number of benzene rings is 1. The average Bonchev–Trinajstić information content (AvgIpc) is 2.84. The van der Waals surface area contributed by atoms with E-state index < -0.39 is 9.84 Å². The summed E-state index contributed by atoms with van der Waals surface area (Å²) < 4.78 is 28.4. The molecule has 0 saturated carbocycles. The van der Waals surface area contributed by atoms with Crippen LogP contribution >= 0.6 is 11.8 Å². The minimum atomic E-state index is -2.96. The Bertz CT molecular complexity index is 628. The third-order valence-electron chi connectivity index (χ3n) is 3.69. The van der Waals surface area contributed by atoms with Crippen molar-refractivity contribution in [3.8, 4) is 5.75 Å². The zero-order valence-electron chi connectivity index (χ0n) is 13.4. The van der Waals surface area contributed by atoms with E-state index in [9.17, 15) is 13.2 Å². The van der Waals surface area contributed by atoms with Crippen LogP contribution in [0.15, 0.2) is 24.3 Å². The molecule has 1 amide bonds. The quantitative estimate of drug-likeness (QED) is 0.754. The second kappa shape index (κ2) is 8.06. The van der Waals surface area contributed by atoms with Gasteiger partial charge in [0.15, 0.2) is 9.84 Å². The number of hydrogen-bond acceptors (Lipinski definition) is 5. The van der Waals surface area contributed by atoms with E-state index in [1.165, 1.54) is 17.3 Å². The lowest BCUT2D eigenvalue weighted by Gasteiger charge is -2.15. The number of nitrogens with one attached hydrogen (secondary N) is 1. The number of rotatable bonds is 7. The molecule has 0 unspecified atom stereocenters. The van der Waals surface area contributed by atoms with Gasteiger partial charge < -0.3 is 10.1 Å². The van der Waals surface area contributed by atoms with Crippen LogP contribution in [0.1, 0.15) is 18.9 Å². The molecule has 23 heavy (non-hydrogen) atoms. The van der Waals surface area contributed by atoms with Gasteiger partial charge in [0, 0.05) is 11.8 Å². The molecule has 5 nitrogen and oxygen atoms in total. The van der Waals surface area contributed by atoms with Crippen LogP contribution in [0.4, 0.5) is 0 Å². The molecule has 1 fully saturated rings. The summed E-state index contributed by atoms with van der Waals surface area (Å²) in [6, 6.07) is 7.61. The summed E-state index contributed by atoms with van der Waals surface area (Å²) in [7, 11) is -2.96. The van der Waals surface area contributed by atoms with Crippen LogP contribution in [0.2, 0.25) is 0 Å². The van der Waals surface area contributed by atoms with Crippen LogP contribution in [0.25, 0.3) is 0 Å². The molecule has 1 heterocycles. The van der Waals surface area contributed by atoms with Gasteiger partial charge in [-0.1, -0.05) is 17.7 Å². The summed E-state index contributed by atoms with van der Waals surface area (Å²) in [6.07, 6.45) is 0.516. The molecular weight excluding hydrogens is 334 g/mol. The number of sulfone groups is 1. The minimum Gasteiger partial charge on any atom is -0.493 e. The number of hydrogen-bond donors (Lipinski definition) is 1. The van der Waals surface area contributed by atoms with Crippen LogP contribution in [0, 0.1) is 6.92 Å². The lowest BCUT2D eigenvalue weighted by atomic mass is 10.2. The molecule has 7 heteroatoms. The normalized spacial score (nSPS) is 20.9. The monoisotopic (exact) mass is 357 g/mol. The number of amides is 1. The number of aryl methyl sites for hydroxylation is 1. The zero-order chi connectivity index (χ0) is 16.9. The van der Waals surface area contributed by atoms with Crippen molar-refractivity contribution < 1.29 is 17.9 Å². The number of ether oxygens (including phenoxy) is 1. The standard InChI is InChI=1S/C16H23NO4S2/c1-12-3-5-15(6-4-12)21-8-9-22-13(2)16(18)17-14-7-10-23(19,20)11-14/h3-6,13-14H,7-11H2,1-2H3,(H,17,18)/t13-,14-/m0/s1. The molecule has 0 aliphatic carbocycles. The average molecular weight is 357 g/mol. The topological polar surface area (TPSA) is 72.5 Å². The number of carbonyl (C=O) groups is 1. The van der Waals surface area contributed by atoms with Gasteiger partial charge in [0.25, 0.3) is 0 Å². The van der Waals surface area contributed by atoms with Crippen molar-refractivity contribution in [1.82, 2.24) is 5.32 Å². The van der Waals surface area contributed by atoms with Gasteiger partial charge in [0.2, 0.25) is 5.91 Å². The predicted octanol–water partition coefficient (Wildman–Crippen LogP) is 1.80. The SMILES string of the molecule is Cc1ccc(OCCS[C@@H](C)C(=O)N[C@H]2CCS(=O)(=O)C2)cc1. The van der Waals surface area contributed by atoms with Crippen molar-refractivity contribution in [2.24, 2.45) is 0 Å². The first-order valence-electron chi connectivity index (χ1n) is 7.67. The van der Waals surface area contributed by atoms with E-state index in [0.717, 1.165) is 5.75 Å². The fourth-order valence-corrected chi connectivity index (χ4v) is 4.75. The number of carbonyl (C=O) groups excluding carboxylic acids is 1. The summed E-state index contributed by atoms with van der Waals surface area (Å²) in [5, 5.41) is 2.60. The Morgan fingerprint density at radius 1 is 1.39 bits per heavy atom. The Morgan fingerprint density at radius 2 is 2.09 bits per heavy atom. The highest BCUT2D eigenvalue weighted by molar-refractivity contribution is 8.00. The lowest BCUT2D eigenvalue weighted by Crippen LogP contribution is -2.40. The molecule has 0 spiro atoms. The summed E-state index contributed by atoms with van der Waals surface area (Å²) >= 11 is 1.50. The van der Waals surface area contributed by atoms with E-state index in [2.05, 4.69) is 5.32 Å². The minimum absolute atomic E-state index is 0.0622. The van der Waals surface area contributed by atoms with Crippen molar-refractivity contribution in [3.63, 3.8) is 0 Å². The Morgan fingerprint density at radius 3 is 2.70 bits per heavy atom. The molecule has 1 aromatic carbocycles. The van der Waals surface area contributed by atoms with Crippen molar-refractivity contribution in [3.05, 3.63) is 29.8 Å². The molecule has 1 aromatic rings. The second-order valence-corrected chi connectivity index (χ2v) is 9.46. The van der Waals surface area contributed by atoms with E-state index >= 15 is 0 Å². The molecule has 0 radical (unpaired) electrons. The highest BCUT2D eigenvalue weighted by Crippen LogP contribution is 2.16. The van der Waals surface area contributed by atoms with Crippen LogP contribution < -0.4 is 10.1 Å². The first-order valence-corrected chi connectivity index (χ1v) is 10.5. The number of thioether (sulfide) groups is 1. The maximum atomic E-state index is 12.0. The molecule has 128 valence electrons. The molecule has 2 rings (SSSR count). The molecule has 1 aliphatic heterocycles. The van der Waals surface area contributed by atoms with Gasteiger partial charge in [-0.15, -0.1) is 11.8 Å². The van der Waals surface area contributed by atoms with Gasteiger partial charge in [-0.05, 0) is 32.4 Å². The van der Waals surface area contributed by atoms with Gasteiger partial charge in [0.05, 0.1) is 23.4 Å². The molecule has 0 aromatic heterocycles. The fourth-order valence-electron chi connectivity index (χ4n) is 2.32. The van der Waals surface area contributed by atoms with Crippen LogP contribution in [0.5, 0.6) is 5.75 Å². The predicted molar refractivity (Wildman–Crippen MR) is 93.8 cm³/mol. The van der Waals surface area contributed by atoms with Gasteiger partial charge in [-0.3, -0.25) is 4.79 Å². The Hall–Kier alpha value is -1.21. The molecule has 1 aliphatic rings. The van der Waals surface area contributed by atoms with E-state index in [0.29, 0.717) is 18.8 Å². The van der Waals surface area contributed by atoms with Crippen LogP contribution in [-0.4, -0.2) is 49.5 Å². The smallest absolute Gasteiger partial charge is 0.233 e. The fraction of sp³-hybridized carbons (Fsp3) is 0.562. The highest BCUT2D eigenvalue weighted by Gasteiger charge is 2.29. The van der Waals surface area contributed by atoms with Gasteiger partial charge >= 0.3 is 0 Å². The van der Waals surface area contributed by atoms with Crippen LogP contribution in [-0.2, 0) is 14.6 Å². The molecule has 1 N–H and O–H groups in total. The van der Waals surface area contributed by atoms with Crippen molar-refractivity contribution in [1.29, 1.82) is 0 Å². The van der Waals surface area contributed by atoms with E-state index in [4.69, 9.17) is 4.74 Å². The first kappa shape index (κ1) is 18.1. The van der Waals surface area contributed by atoms with Crippen molar-refractivity contribution in [2.75, 3.05) is 23.9 Å². The van der Waals surface area contributed by atoms with Gasteiger partial charge in [0.1, 0.15) is 5.75 Å². The molecule has 1 saturated heterocycles. The first-order chi connectivity index (χ1) is 10.9. The summed E-state index contributed by atoms with van der Waals surface area (Å²) in [6.45, 7) is 4.38. The largest absolute Gasteiger partial charge is 0.493 e. The van der Waals surface area contributed by atoms with Crippen molar-refractivity contribution in [2.45, 2.75) is 31.6 Å². The Kier molecular flexibility index (Phi) is 6.35. The lowest BCUT2D eigenvalue weighted by molar-refractivity contribution is -0.120. The van der Waals surface area contributed by atoms with Crippen molar-refractivity contribution >= 4 is 27.5 Å². The third-order valence-corrected chi connectivity index (χ3v) is 6.57. The molecule has 0 bridgehead atoms. The van der Waals surface area contributed by atoms with Crippen LogP contribution in [0.3, 0.4) is 0 Å². The maximum Gasteiger partial charge on any atom is 0.233 e. The summed E-state index contributed by atoms with van der Waals surface area (Å²) in [5.74, 6) is 1.65. The van der Waals surface area contributed by atoms with E-state index in [1.54, 1.807) is 0 Å². The highest BCUT2D eigenvalue weighted by atomic mass is 32.2. The second-order valence-electron chi connectivity index (χ2n) is 5.78. The maximum absolute atomic E-state index is 12.0. The zero-order valence-corrected chi connectivity index (χ0v) is 15.1. The van der Waals surface area contributed by atoms with E-state index in [1.807, 2.05) is 38.1 Å². The Labute approximate surface area is 142 Å².